The zero-order chi connectivity index (χ0) is 55.5. The predicted molar refractivity (Wildman–Crippen MR) is 321 cm³/mol. The van der Waals surface area contributed by atoms with Gasteiger partial charge in [-0.25, -0.2) is 0 Å². The minimum atomic E-state index is -0.686. The quantitative estimate of drug-likeness (QED) is 0.0585. The maximum absolute atomic E-state index is 13.7. The van der Waals surface area contributed by atoms with E-state index in [1.165, 1.54) is 0 Å². The molecular weight excluding hydrogens is 957 g/mol. The standard InChI is InChI=1S/C73H76O5/c1-43(2)52-31-33-65(74)57(35-52)67(48-23-15-11-16-24-48)59-37-54(45(5)6)39-61(71(59)76)69(50-27-19-13-20-28-50)63-41-56(47(9)10)42-64(73(63)78)70(51-29-21-14-22-30-51)62-40-55(46(7)8)38-60(72(62)77)68(49-25-17-12-18-26-49)58-36-53(44(3)4)32-34-66(58)75/h11-47,67-70,74-78H,1-10H3. The maximum Gasteiger partial charge on any atom is 0.123 e. The van der Waals surface area contributed by atoms with Gasteiger partial charge in [-0.3, -0.25) is 0 Å². The molecule has 9 aromatic carbocycles. The molecule has 0 aromatic heterocycles. The fraction of sp³-hybridized carbons (Fsp3) is 0.260. The maximum atomic E-state index is 13.7. The molecule has 0 saturated heterocycles. The van der Waals surface area contributed by atoms with E-state index in [2.05, 4.69) is 166 Å². The predicted octanol–water partition coefficient (Wildman–Crippen LogP) is 18.6. The van der Waals surface area contributed by atoms with Crippen molar-refractivity contribution in [1.29, 1.82) is 0 Å². The summed E-state index contributed by atoms with van der Waals surface area (Å²) in [6, 6.07) is 64.6. The summed E-state index contributed by atoms with van der Waals surface area (Å²) in [5.41, 5.74) is 13.9. The molecule has 0 amide bonds. The fourth-order valence-corrected chi connectivity index (χ4v) is 11.4. The first-order valence-electron chi connectivity index (χ1n) is 27.9. The van der Waals surface area contributed by atoms with Crippen molar-refractivity contribution < 1.29 is 25.5 Å². The smallest absolute Gasteiger partial charge is 0.123 e. The molecule has 9 aromatic rings. The van der Waals surface area contributed by atoms with E-state index in [0.29, 0.717) is 44.5 Å². The normalized spacial score (nSPS) is 13.4. The van der Waals surface area contributed by atoms with Crippen LogP contribution >= 0.6 is 0 Å². The lowest BCUT2D eigenvalue weighted by atomic mass is 9.74. The summed E-state index contributed by atoms with van der Waals surface area (Å²) in [6.45, 7) is 21.5. The zero-order valence-electron chi connectivity index (χ0n) is 46.9. The number of hydrogen-bond acceptors (Lipinski definition) is 5. The summed E-state index contributed by atoms with van der Waals surface area (Å²) >= 11 is 0. The van der Waals surface area contributed by atoms with Gasteiger partial charge >= 0.3 is 0 Å². The molecule has 5 N–H and O–H groups in total. The minimum absolute atomic E-state index is 0.00518. The first-order valence-corrected chi connectivity index (χ1v) is 27.9. The monoisotopic (exact) mass is 1030 g/mol. The Hall–Kier alpha value is -8.02. The first-order chi connectivity index (χ1) is 37.4. The zero-order valence-corrected chi connectivity index (χ0v) is 46.9. The average molecular weight is 1030 g/mol. The van der Waals surface area contributed by atoms with Crippen LogP contribution in [0.5, 0.6) is 28.7 Å². The molecule has 0 fully saturated rings. The lowest BCUT2D eigenvalue weighted by molar-refractivity contribution is 0.445. The van der Waals surface area contributed by atoms with Crippen LogP contribution in [-0.2, 0) is 0 Å². The Morgan fingerprint density at radius 2 is 0.397 bits per heavy atom. The molecule has 0 saturated carbocycles. The molecule has 0 radical (unpaired) electrons. The van der Waals surface area contributed by atoms with E-state index in [9.17, 15) is 25.5 Å². The number of benzene rings is 9. The van der Waals surface area contributed by atoms with Gasteiger partial charge in [0.1, 0.15) is 28.7 Å². The summed E-state index contributed by atoms with van der Waals surface area (Å²) in [7, 11) is 0. The minimum Gasteiger partial charge on any atom is -0.508 e. The van der Waals surface area contributed by atoms with Crippen molar-refractivity contribution in [1.82, 2.24) is 0 Å². The van der Waals surface area contributed by atoms with E-state index in [-0.39, 0.29) is 58.3 Å². The topological polar surface area (TPSA) is 101 Å². The molecule has 0 aliphatic heterocycles. The highest BCUT2D eigenvalue weighted by Crippen LogP contribution is 2.53. The second-order valence-corrected chi connectivity index (χ2v) is 22.9. The summed E-state index contributed by atoms with van der Waals surface area (Å²) in [4.78, 5) is 0. The van der Waals surface area contributed by atoms with E-state index in [4.69, 9.17) is 0 Å². The van der Waals surface area contributed by atoms with Gasteiger partial charge in [-0.2, -0.15) is 0 Å². The lowest BCUT2D eigenvalue weighted by Crippen LogP contribution is -2.14. The first kappa shape index (κ1) is 54.8. The number of hydrogen-bond donors (Lipinski definition) is 5. The van der Waals surface area contributed by atoms with Crippen LogP contribution in [0.25, 0.3) is 0 Å². The van der Waals surface area contributed by atoms with Crippen molar-refractivity contribution in [3.63, 3.8) is 0 Å². The highest BCUT2D eigenvalue weighted by atomic mass is 16.3. The number of aromatic hydroxyl groups is 5. The van der Waals surface area contributed by atoms with Crippen LogP contribution in [0, 0.1) is 0 Å². The van der Waals surface area contributed by atoms with Crippen molar-refractivity contribution in [2.24, 2.45) is 0 Å². The van der Waals surface area contributed by atoms with Crippen LogP contribution < -0.4 is 0 Å². The molecule has 0 bridgehead atoms. The van der Waals surface area contributed by atoms with Gasteiger partial charge in [0, 0.05) is 68.2 Å². The number of phenolic OH excluding ortho intramolecular Hbond substituents is 5. The summed E-state index contributed by atoms with van der Waals surface area (Å²) in [5.74, 6) is -1.49. The van der Waals surface area contributed by atoms with Gasteiger partial charge in [0.25, 0.3) is 0 Å². The van der Waals surface area contributed by atoms with Gasteiger partial charge < -0.3 is 25.5 Å². The molecule has 78 heavy (non-hydrogen) atoms. The molecule has 0 aliphatic rings. The molecule has 398 valence electrons. The second-order valence-electron chi connectivity index (χ2n) is 22.9. The van der Waals surface area contributed by atoms with Gasteiger partial charge in [-0.05, 0) is 91.8 Å². The van der Waals surface area contributed by atoms with Crippen molar-refractivity contribution >= 4 is 0 Å². The highest BCUT2D eigenvalue weighted by Gasteiger charge is 2.35. The van der Waals surface area contributed by atoms with E-state index in [1.807, 2.05) is 84.9 Å². The molecule has 5 heteroatoms. The Balaban J connectivity index is 1.36. The van der Waals surface area contributed by atoms with Crippen LogP contribution in [0.3, 0.4) is 0 Å². The fourth-order valence-electron chi connectivity index (χ4n) is 11.4. The third kappa shape index (κ3) is 11.1. The summed E-state index contributed by atoms with van der Waals surface area (Å²) in [5, 5.41) is 64.2. The van der Waals surface area contributed by atoms with Crippen LogP contribution in [-0.4, -0.2) is 25.5 Å². The van der Waals surface area contributed by atoms with Gasteiger partial charge in [-0.15, -0.1) is 0 Å². The van der Waals surface area contributed by atoms with Crippen molar-refractivity contribution in [2.75, 3.05) is 0 Å². The largest absolute Gasteiger partial charge is 0.508 e. The molecule has 4 atom stereocenters. The van der Waals surface area contributed by atoms with E-state index < -0.39 is 23.7 Å². The Morgan fingerprint density at radius 3 is 0.603 bits per heavy atom. The van der Waals surface area contributed by atoms with E-state index >= 15 is 0 Å². The second kappa shape index (κ2) is 23.3. The average Bonchev–Trinajstić information content (AvgIpc) is 3.52. The van der Waals surface area contributed by atoms with Gasteiger partial charge in [0.15, 0.2) is 0 Å². The summed E-state index contributed by atoms with van der Waals surface area (Å²) in [6.07, 6.45) is 0. The van der Waals surface area contributed by atoms with Crippen LogP contribution in [0.1, 0.15) is 217 Å². The number of rotatable bonds is 17. The van der Waals surface area contributed by atoms with Crippen LogP contribution in [0.15, 0.2) is 194 Å². The SMILES string of the molecule is CC(C)c1ccc(O)c(C(c2ccccc2)c2cc(C(C)C)cc(C(c3ccccc3)c3cc(C(C)C)cc(C(c4ccccc4)c4cc(C(C)C)cc(C(c5ccccc5)c5cc(C(C)C)ccc5O)c4O)c3O)c2O)c1. The van der Waals surface area contributed by atoms with Gasteiger partial charge in [-0.1, -0.05) is 251 Å². The molecule has 4 unspecified atom stereocenters. The number of phenols is 5. The molecule has 9 rings (SSSR count). The van der Waals surface area contributed by atoms with E-state index in [1.54, 1.807) is 12.1 Å². The third-order valence-corrected chi connectivity index (χ3v) is 16.0. The van der Waals surface area contributed by atoms with Crippen molar-refractivity contribution in [3.8, 4) is 28.7 Å². The van der Waals surface area contributed by atoms with Crippen LogP contribution in [0.4, 0.5) is 0 Å². The van der Waals surface area contributed by atoms with Gasteiger partial charge in [0.2, 0.25) is 0 Å². The Labute approximate surface area is 463 Å². The van der Waals surface area contributed by atoms with E-state index in [0.717, 1.165) is 50.1 Å². The van der Waals surface area contributed by atoms with Gasteiger partial charge in [0.05, 0.1) is 0 Å². The van der Waals surface area contributed by atoms with Crippen LogP contribution in [0.2, 0.25) is 0 Å². The van der Waals surface area contributed by atoms with Crippen molar-refractivity contribution in [3.05, 3.63) is 289 Å². The highest BCUT2D eigenvalue weighted by molar-refractivity contribution is 5.66. The molecular formula is C73H76O5. The molecule has 5 nitrogen and oxygen atoms in total. The molecule has 0 aliphatic carbocycles. The lowest BCUT2D eigenvalue weighted by Gasteiger charge is -2.31. The third-order valence-electron chi connectivity index (χ3n) is 16.0. The Bertz CT molecular complexity index is 3280. The van der Waals surface area contributed by atoms with Crippen molar-refractivity contribution in [2.45, 2.75) is 122 Å². The molecule has 0 heterocycles. The Kier molecular flexibility index (Phi) is 16.4. The summed E-state index contributed by atoms with van der Waals surface area (Å²) < 4.78 is 0. The Morgan fingerprint density at radius 1 is 0.205 bits per heavy atom. The molecule has 0 spiro atoms.